The van der Waals surface area contributed by atoms with Crippen molar-refractivity contribution in [2.24, 2.45) is 56.7 Å². The van der Waals surface area contributed by atoms with Gasteiger partial charge in [0.05, 0.1) is 0 Å². The molecule has 5 rings (SSSR count). The van der Waals surface area contributed by atoms with E-state index in [-0.39, 0.29) is 45.5 Å². The second-order valence-corrected chi connectivity index (χ2v) is 14.3. The molecule has 1 N–H and O–H groups in total. The normalized spacial score (nSPS) is 53.3. The minimum absolute atomic E-state index is 0.0113. The molecule has 0 heterocycles. The lowest BCUT2D eigenvalue weighted by Crippen LogP contribution is -2.66. The average Bonchev–Trinajstić information content (AvgIpc) is 2.75. The molecule has 9 unspecified atom stereocenters. The fourth-order valence-electron chi connectivity index (χ4n) is 10.5. The van der Waals surface area contributed by atoms with E-state index in [1.165, 1.54) is 12.0 Å². The molecule has 9 atom stereocenters. The molecule has 4 saturated carbocycles. The molecule has 0 spiro atoms. The van der Waals surface area contributed by atoms with Gasteiger partial charge in [0, 0.05) is 29.8 Å². The largest absolute Gasteiger partial charge is 0.396 e. The topological polar surface area (TPSA) is 54.4 Å². The number of ketones is 2. The minimum Gasteiger partial charge on any atom is -0.396 e. The zero-order valence-electron chi connectivity index (χ0n) is 22.1. The molecule has 0 aromatic heterocycles. The molecule has 0 radical (unpaired) electrons. The summed E-state index contributed by atoms with van der Waals surface area (Å²) in [6.45, 7) is 16.5. The number of hydrogen-bond donors (Lipinski definition) is 1. The van der Waals surface area contributed by atoms with Crippen LogP contribution in [0.25, 0.3) is 0 Å². The lowest BCUT2D eigenvalue weighted by atomic mass is 9.33. The fraction of sp³-hybridized carbons (Fsp3) is 0.867. The van der Waals surface area contributed by atoms with Gasteiger partial charge in [-0.05, 0) is 90.9 Å². The molecule has 0 aromatic rings. The number of allylic oxidation sites excluding steroid dienone is 2. The Balaban J connectivity index is 1.66. The van der Waals surface area contributed by atoms with E-state index in [0.29, 0.717) is 35.7 Å². The number of aliphatic hydroxyl groups excluding tert-OH is 1. The maximum absolute atomic E-state index is 14.2. The quantitative estimate of drug-likeness (QED) is 0.500. The maximum Gasteiger partial charge on any atom is 0.159 e. The van der Waals surface area contributed by atoms with Crippen LogP contribution >= 0.6 is 0 Å². The van der Waals surface area contributed by atoms with Gasteiger partial charge >= 0.3 is 0 Å². The molecule has 0 aliphatic heterocycles. The molecule has 3 nitrogen and oxygen atoms in total. The highest BCUT2D eigenvalue weighted by Crippen LogP contribution is 2.74. The smallest absolute Gasteiger partial charge is 0.159 e. The van der Waals surface area contributed by atoms with E-state index in [1.807, 2.05) is 0 Å². The van der Waals surface area contributed by atoms with Crippen LogP contribution < -0.4 is 0 Å². The van der Waals surface area contributed by atoms with E-state index >= 15 is 0 Å². The van der Waals surface area contributed by atoms with E-state index in [1.54, 1.807) is 0 Å². The summed E-state index contributed by atoms with van der Waals surface area (Å²) in [4.78, 5) is 27.1. The monoisotopic (exact) mass is 454 g/mol. The van der Waals surface area contributed by atoms with Gasteiger partial charge in [-0.15, -0.1) is 0 Å². The number of hydrogen-bond acceptors (Lipinski definition) is 3. The van der Waals surface area contributed by atoms with E-state index < -0.39 is 0 Å². The molecular formula is C30H46O3. The molecular weight excluding hydrogens is 408 g/mol. The first-order chi connectivity index (χ1) is 15.3. The van der Waals surface area contributed by atoms with Gasteiger partial charge in [-0.1, -0.05) is 54.0 Å². The minimum atomic E-state index is -0.342. The molecule has 0 aromatic carbocycles. The van der Waals surface area contributed by atoms with Crippen molar-refractivity contribution in [3.8, 4) is 0 Å². The Labute approximate surface area is 201 Å². The molecule has 5 aliphatic rings. The molecule has 3 heteroatoms. The van der Waals surface area contributed by atoms with Crippen molar-refractivity contribution in [1.82, 2.24) is 0 Å². The Hall–Kier alpha value is -0.960. The Morgan fingerprint density at radius 2 is 1.64 bits per heavy atom. The van der Waals surface area contributed by atoms with Crippen molar-refractivity contribution in [3.63, 3.8) is 0 Å². The summed E-state index contributed by atoms with van der Waals surface area (Å²) in [5.41, 5.74) is 0.757. The van der Waals surface area contributed by atoms with Crippen LogP contribution in [0.5, 0.6) is 0 Å². The maximum atomic E-state index is 14.2. The number of carbonyl (C=O) groups excluding carboxylic acids is 2. The molecule has 33 heavy (non-hydrogen) atoms. The summed E-state index contributed by atoms with van der Waals surface area (Å²) >= 11 is 0. The van der Waals surface area contributed by atoms with Gasteiger partial charge in [0.2, 0.25) is 0 Å². The molecule has 184 valence electrons. The predicted octanol–water partition coefficient (Wildman–Crippen LogP) is 6.38. The molecule has 0 bridgehead atoms. The van der Waals surface area contributed by atoms with Crippen molar-refractivity contribution in [2.75, 3.05) is 6.61 Å². The van der Waals surface area contributed by atoms with Crippen molar-refractivity contribution in [1.29, 1.82) is 0 Å². The van der Waals surface area contributed by atoms with Crippen LogP contribution in [0, 0.1) is 56.7 Å². The Morgan fingerprint density at radius 1 is 0.939 bits per heavy atom. The number of fused-ring (bicyclic) bond motifs is 7. The number of aliphatic hydroxyl groups is 1. The van der Waals surface area contributed by atoms with E-state index in [9.17, 15) is 14.7 Å². The lowest BCUT2D eigenvalue weighted by molar-refractivity contribution is -0.190. The highest BCUT2D eigenvalue weighted by molar-refractivity contribution is 5.96. The SMILES string of the molecule is CC1CCC2(CO)CCC3(C)C(=CC(=O)C4C5(C)CCC(=O)C(C)(C)C5CCC43C)C2C1C. The van der Waals surface area contributed by atoms with Crippen LogP contribution in [0.15, 0.2) is 11.6 Å². The van der Waals surface area contributed by atoms with Gasteiger partial charge in [-0.3, -0.25) is 9.59 Å². The molecule has 5 aliphatic carbocycles. The third-order valence-corrected chi connectivity index (χ3v) is 13.0. The van der Waals surface area contributed by atoms with Crippen molar-refractivity contribution < 1.29 is 14.7 Å². The van der Waals surface area contributed by atoms with Crippen LogP contribution in [-0.2, 0) is 9.59 Å². The van der Waals surface area contributed by atoms with Crippen LogP contribution in [-0.4, -0.2) is 23.3 Å². The first-order valence-electron chi connectivity index (χ1n) is 13.7. The first kappa shape index (κ1) is 23.8. The first-order valence-corrected chi connectivity index (χ1v) is 13.7. The summed E-state index contributed by atoms with van der Waals surface area (Å²) < 4.78 is 0. The fourth-order valence-corrected chi connectivity index (χ4v) is 10.5. The molecule has 4 fully saturated rings. The standard InChI is InChI=1S/C30H46O3/c1-18-8-13-30(17-31)15-14-28(6)20(24(30)19(18)2)16-21(32)25-27(5)11-10-23(33)26(3,4)22(27)9-12-29(25,28)7/h16,18-19,22,24-25,31H,8-15,17H2,1-7H3. The van der Waals surface area contributed by atoms with Gasteiger partial charge in [-0.25, -0.2) is 0 Å². The van der Waals surface area contributed by atoms with Crippen LogP contribution in [0.2, 0.25) is 0 Å². The third-order valence-electron chi connectivity index (χ3n) is 13.0. The summed E-state index contributed by atoms with van der Waals surface area (Å²) in [5, 5.41) is 10.7. The second-order valence-electron chi connectivity index (χ2n) is 14.3. The van der Waals surface area contributed by atoms with Crippen LogP contribution in [0.3, 0.4) is 0 Å². The molecule has 0 saturated heterocycles. The van der Waals surface area contributed by atoms with E-state index in [0.717, 1.165) is 38.5 Å². The van der Waals surface area contributed by atoms with Crippen molar-refractivity contribution in [2.45, 2.75) is 99.8 Å². The third kappa shape index (κ3) is 2.72. The van der Waals surface area contributed by atoms with Crippen molar-refractivity contribution >= 4 is 11.6 Å². The Bertz CT molecular complexity index is 916. The summed E-state index contributed by atoms with van der Waals surface area (Å²) in [5.74, 6) is 2.39. The van der Waals surface area contributed by atoms with Crippen molar-refractivity contribution in [3.05, 3.63) is 11.6 Å². The van der Waals surface area contributed by atoms with Gasteiger partial charge in [0.15, 0.2) is 5.78 Å². The lowest BCUT2D eigenvalue weighted by Gasteiger charge is -2.70. The zero-order valence-corrected chi connectivity index (χ0v) is 22.1. The number of carbonyl (C=O) groups is 2. The number of Topliss-reactive ketones (excluding diaryl/α,β-unsaturated/α-hetero) is 1. The average molecular weight is 455 g/mol. The van der Waals surface area contributed by atoms with Gasteiger partial charge in [0.1, 0.15) is 5.78 Å². The van der Waals surface area contributed by atoms with Crippen LogP contribution in [0.1, 0.15) is 99.8 Å². The van der Waals surface area contributed by atoms with Gasteiger partial charge in [0.25, 0.3) is 0 Å². The summed E-state index contributed by atoms with van der Waals surface area (Å²) in [6.07, 6.45) is 10.0. The Kier molecular flexibility index (Phi) is 5.08. The highest BCUT2D eigenvalue weighted by Gasteiger charge is 2.70. The summed E-state index contributed by atoms with van der Waals surface area (Å²) in [6, 6.07) is 0. The highest BCUT2D eigenvalue weighted by atomic mass is 16.3. The number of rotatable bonds is 1. The van der Waals surface area contributed by atoms with Crippen LogP contribution in [0.4, 0.5) is 0 Å². The van der Waals surface area contributed by atoms with E-state index in [4.69, 9.17) is 0 Å². The predicted molar refractivity (Wildman–Crippen MR) is 131 cm³/mol. The molecule has 0 amide bonds. The zero-order chi connectivity index (χ0) is 24.2. The second kappa shape index (κ2) is 7.05. The summed E-state index contributed by atoms with van der Waals surface area (Å²) in [7, 11) is 0. The van der Waals surface area contributed by atoms with Gasteiger partial charge < -0.3 is 5.11 Å². The van der Waals surface area contributed by atoms with E-state index in [2.05, 4.69) is 54.5 Å². The Morgan fingerprint density at radius 3 is 2.30 bits per heavy atom. The van der Waals surface area contributed by atoms with Gasteiger partial charge in [-0.2, -0.15) is 0 Å².